The molecule has 4 rings (SSSR count). The number of carbonyl (C=O) groups excluding carboxylic acids is 1. The Kier molecular flexibility index (Phi) is 4.89. The maximum Gasteiger partial charge on any atom is 0.267 e. The largest absolute Gasteiger partial charge is 0.357 e. The monoisotopic (exact) mass is 374 g/mol. The summed E-state index contributed by atoms with van der Waals surface area (Å²) in [5.74, 6) is -0.0395. The van der Waals surface area contributed by atoms with Crippen LogP contribution in [0.25, 0.3) is 6.08 Å². The molecule has 3 heterocycles. The Morgan fingerprint density at radius 3 is 2.70 bits per heavy atom. The fraction of sp³-hybridized carbons (Fsp3) is 0.0952. The number of amides is 1. The smallest absolute Gasteiger partial charge is 0.267 e. The third kappa shape index (κ3) is 4.01. The van der Waals surface area contributed by atoms with Gasteiger partial charge in [-0.15, -0.1) is 0 Å². The molecule has 0 atom stereocenters. The third-order valence-corrected chi connectivity index (χ3v) is 5.09. The van der Waals surface area contributed by atoms with Crippen molar-refractivity contribution in [3.05, 3.63) is 89.4 Å². The molecule has 1 saturated heterocycles. The number of aliphatic imine (C=N–C) groups is 1. The lowest BCUT2D eigenvalue weighted by atomic mass is 10.2. The first-order valence-electron chi connectivity index (χ1n) is 8.55. The average Bonchev–Trinajstić information content (AvgIpc) is 3.22. The second-order valence-corrected chi connectivity index (χ2v) is 7.21. The molecule has 3 aromatic rings. The van der Waals surface area contributed by atoms with Crippen molar-refractivity contribution in [1.29, 1.82) is 0 Å². The highest BCUT2D eigenvalue weighted by Gasteiger charge is 2.33. The molecular formula is C21H18N4OS. The van der Waals surface area contributed by atoms with Gasteiger partial charge in [0, 0.05) is 31.8 Å². The lowest BCUT2D eigenvalue weighted by molar-refractivity contribution is -0.122. The van der Waals surface area contributed by atoms with E-state index in [0.717, 1.165) is 16.8 Å². The van der Waals surface area contributed by atoms with E-state index in [0.29, 0.717) is 16.6 Å². The van der Waals surface area contributed by atoms with Crippen molar-refractivity contribution in [2.75, 3.05) is 0 Å². The molecule has 1 aliphatic heterocycles. The summed E-state index contributed by atoms with van der Waals surface area (Å²) < 4.78 is 1.96. The second-order valence-electron chi connectivity index (χ2n) is 6.20. The molecule has 0 N–H and O–H groups in total. The van der Waals surface area contributed by atoms with Crippen LogP contribution in [-0.4, -0.2) is 25.5 Å². The van der Waals surface area contributed by atoms with E-state index in [1.165, 1.54) is 11.8 Å². The van der Waals surface area contributed by atoms with Gasteiger partial charge in [0.2, 0.25) is 0 Å². The average molecular weight is 374 g/mol. The fourth-order valence-electron chi connectivity index (χ4n) is 2.78. The minimum atomic E-state index is -0.0395. The van der Waals surface area contributed by atoms with Gasteiger partial charge in [0.25, 0.3) is 5.91 Å². The standard InChI is InChI=1S/C21H18N4OS/c1-24-11-9-16(14-24)12-19-20(26)25(15-17-6-5-10-22-13-17)21(27-19)23-18-7-3-2-4-8-18/h2-14H,15H2,1H3/b19-12+,23-21?. The Balaban J connectivity index is 1.69. The summed E-state index contributed by atoms with van der Waals surface area (Å²) in [6.07, 6.45) is 9.36. The van der Waals surface area contributed by atoms with Gasteiger partial charge in [-0.2, -0.15) is 0 Å². The number of rotatable bonds is 4. The number of aromatic nitrogens is 2. The first-order valence-corrected chi connectivity index (χ1v) is 9.37. The first kappa shape index (κ1) is 17.3. The fourth-order valence-corrected chi connectivity index (χ4v) is 3.78. The van der Waals surface area contributed by atoms with Crippen LogP contribution in [0.3, 0.4) is 0 Å². The van der Waals surface area contributed by atoms with Crippen molar-refractivity contribution in [2.24, 2.45) is 12.0 Å². The molecule has 0 spiro atoms. The van der Waals surface area contributed by atoms with E-state index in [1.807, 2.05) is 78.6 Å². The summed E-state index contributed by atoms with van der Waals surface area (Å²) in [5.41, 5.74) is 2.79. The van der Waals surface area contributed by atoms with Gasteiger partial charge in [-0.05, 0) is 53.2 Å². The van der Waals surface area contributed by atoms with Crippen LogP contribution in [0.4, 0.5) is 5.69 Å². The number of hydrogen-bond donors (Lipinski definition) is 0. The van der Waals surface area contributed by atoms with Gasteiger partial charge in [-0.3, -0.25) is 14.7 Å². The third-order valence-electron chi connectivity index (χ3n) is 4.09. The van der Waals surface area contributed by atoms with E-state index in [1.54, 1.807) is 17.3 Å². The van der Waals surface area contributed by atoms with Crippen LogP contribution in [0.2, 0.25) is 0 Å². The van der Waals surface area contributed by atoms with Gasteiger partial charge in [0.05, 0.1) is 17.1 Å². The van der Waals surface area contributed by atoms with Crippen LogP contribution in [0.15, 0.2) is 83.2 Å². The quantitative estimate of drug-likeness (QED) is 0.642. The van der Waals surface area contributed by atoms with Gasteiger partial charge in [0.1, 0.15) is 0 Å². The molecule has 134 valence electrons. The van der Waals surface area contributed by atoms with Crippen molar-refractivity contribution in [3.8, 4) is 0 Å². The second kappa shape index (κ2) is 7.63. The molecule has 6 heteroatoms. The highest BCUT2D eigenvalue weighted by Crippen LogP contribution is 2.35. The minimum absolute atomic E-state index is 0.0395. The highest BCUT2D eigenvalue weighted by molar-refractivity contribution is 8.18. The van der Waals surface area contributed by atoms with Gasteiger partial charge >= 0.3 is 0 Å². The van der Waals surface area contributed by atoms with Crippen LogP contribution in [-0.2, 0) is 18.4 Å². The minimum Gasteiger partial charge on any atom is -0.357 e. The van der Waals surface area contributed by atoms with Gasteiger partial charge in [0.15, 0.2) is 5.17 Å². The van der Waals surface area contributed by atoms with Crippen molar-refractivity contribution in [1.82, 2.24) is 14.5 Å². The number of aryl methyl sites for hydroxylation is 1. The van der Waals surface area contributed by atoms with Gasteiger partial charge in [-0.1, -0.05) is 24.3 Å². The number of nitrogens with zero attached hydrogens (tertiary/aromatic N) is 4. The van der Waals surface area contributed by atoms with Gasteiger partial charge < -0.3 is 4.57 Å². The maximum absolute atomic E-state index is 13.1. The summed E-state index contributed by atoms with van der Waals surface area (Å²) in [7, 11) is 1.96. The molecule has 0 bridgehead atoms. The predicted octanol–water partition coefficient (Wildman–Crippen LogP) is 4.22. The van der Waals surface area contributed by atoms with Crippen molar-refractivity contribution >= 4 is 34.6 Å². The molecule has 2 aromatic heterocycles. The summed E-state index contributed by atoms with van der Waals surface area (Å²) in [6, 6.07) is 15.5. The Bertz CT molecular complexity index is 1010. The normalized spacial score (nSPS) is 17.2. The first-order chi connectivity index (χ1) is 13.2. The number of hydrogen-bond acceptors (Lipinski definition) is 4. The Hall–Kier alpha value is -3.12. The molecule has 0 unspecified atom stereocenters. The number of para-hydroxylation sites is 1. The molecule has 5 nitrogen and oxygen atoms in total. The lowest BCUT2D eigenvalue weighted by Gasteiger charge is -2.15. The van der Waals surface area contributed by atoms with Crippen molar-refractivity contribution in [3.63, 3.8) is 0 Å². The zero-order valence-corrected chi connectivity index (χ0v) is 15.6. The van der Waals surface area contributed by atoms with Crippen LogP contribution < -0.4 is 0 Å². The summed E-state index contributed by atoms with van der Waals surface area (Å²) in [6.45, 7) is 0.442. The summed E-state index contributed by atoms with van der Waals surface area (Å²) >= 11 is 1.40. The number of benzene rings is 1. The number of carbonyl (C=O) groups is 1. The van der Waals surface area contributed by atoms with E-state index < -0.39 is 0 Å². The van der Waals surface area contributed by atoms with Crippen LogP contribution >= 0.6 is 11.8 Å². The molecule has 1 aromatic carbocycles. The molecule has 0 aliphatic carbocycles. The Labute approximate surface area is 162 Å². The predicted molar refractivity (Wildman–Crippen MR) is 109 cm³/mol. The number of thioether (sulfide) groups is 1. The maximum atomic E-state index is 13.1. The van der Waals surface area contributed by atoms with Crippen LogP contribution in [0, 0.1) is 0 Å². The van der Waals surface area contributed by atoms with Crippen LogP contribution in [0.5, 0.6) is 0 Å². The molecule has 0 saturated carbocycles. The molecule has 27 heavy (non-hydrogen) atoms. The molecule has 1 amide bonds. The van der Waals surface area contributed by atoms with E-state index in [-0.39, 0.29) is 5.91 Å². The number of pyridine rings is 1. The number of amidine groups is 1. The SMILES string of the molecule is Cn1ccc(/C=C2/SC(=Nc3ccccc3)N(Cc3cccnc3)C2=O)c1. The van der Waals surface area contributed by atoms with E-state index in [4.69, 9.17) is 4.99 Å². The summed E-state index contributed by atoms with van der Waals surface area (Å²) in [4.78, 5) is 24.3. The molecule has 1 fully saturated rings. The lowest BCUT2D eigenvalue weighted by Crippen LogP contribution is -2.28. The molecule has 0 radical (unpaired) electrons. The Morgan fingerprint density at radius 2 is 2.00 bits per heavy atom. The zero-order valence-electron chi connectivity index (χ0n) is 14.8. The highest BCUT2D eigenvalue weighted by atomic mass is 32.2. The Morgan fingerprint density at radius 1 is 1.15 bits per heavy atom. The molecule has 1 aliphatic rings. The van der Waals surface area contributed by atoms with Crippen molar-refractivity contribution in [2.45, 2.75) is 6.54 Å². The zero-order chi connectivity index (χ0) is 18.6. The van der Waals surface area contributed by atoms with Gasteiger partial charge in [-0.25, -0.2) is 4.99 Å². The van der Waals surface area contributed by atoms with E-state index in [2.05, 4.69) is 4.98 Å². The summed E-state index contributed by atoms with van der Waals surface area (Å²) in [5, 5.41) is 0.678. The van der Waals surface area contributed by atoms with E-state index >= 15 is 0 Å². The molecular weight excluding hydrogens is 356 g/mol. The van der Waals surface area contributed by atoms with Crippen LogP contribution in [0.1, 0.15) is 11.1 Å². The topological polar surface area (TPSA) is 50.5 Å². The van der Waals surface area contributed by atoms with E-state index in [9.17, 15) is 4.79 Å². The van der Waals surface area contributed by atoms with Crippen molar-refractivity contribution < 1.29 is 4.79 Å².